The molecule has 10 heteroatoms. The number of ether oxygens (including phenoxy) is 1. The zero-order valence-electron chi connectivity index (χ0n) is 21.3. The molecule has 5 rings (SSSR count). The molecule has 200 valence electrons. The molecule has 10 nitrogen and oxygen atoms in total. The summed E-state index contributed by atoms with van der Waals surface area (Å²) < 4.78 is 8.77. The summed E-state index contributed by atoms with van der Waals surface area (Å²) in [5.41, 5.74) is 3.19. The number of rotatable bonds is 8. The highest BCUT2D eigenvalue weighted by Crippen LogP contribution is 2.32. The van der Waals surface area contributed by atoms with Crippen LogP contribution in [0.3, 0.4) is 0 Å². The van der Waals surface area contributed by atoms with Gasteiger partial charge in [0.25, 0.3) is 0 Å². The van der Waals surface area contributed by atoms with Crippen molar-refractivity contribution in [2.24, 2.45) is 7.05 Å². The van der Waals surface area contributed by atoms with Crippen LogP contribution < -0.4 is 11.0 Å². The van der Waals surface area contributed by atoms with Crippen molar-refractivity contribution in [1.82, 2.24) is 19.4 Å². The lowest BCUT2D eigenvalue weighted by atomic mass is 9.88. The van der Waals surface area contributed by atoms with Crippen LogP contribution in [0.15, 0.2) is 53.3 Å². The van der Waals surface area contributed by atoms with Crippen molar-refractivity contribution in [3.05, 3.63) is 70.1 Å². The minimum absolute atomic E-state index is 0.122. The number of benzene rings is 2. The normalized spacial score (nSPS) is 20.0. The van der Waals surface area contributed by atoms with Crippen LogP contribution in [-0.4, -0.2) is 62.7 Å². The molecule has 1 unspecified atom stereocenters. The number of aryl methyl sites for hydroxylation is 1. The summed E-state index contributed by atoms with van der Waals surface area (Å²) in [7, 11) is 1.69. The fourth-order valence-electron chi connectivity index (χ4n) is 5.60. The second-order valence-corrected chi connectivity index (χ2v) is 10.1. The number of carbonyl (C=O) groups is 3. The molecule has 2 atom stereocenters. The van der Waals surface area contributed by atoms with Gasteiger partial charge in [-0.3, -0.25) is 33.7 Å². The van der Waals surface area contributed by atoms with E-state index in [0.29, 0.717) is 31.6 Å². The van der Waals surface area contributed by atoms with Gasteiger partial charge in [0.15, 0.2) is 0 Å². The lowest BCUT2D eigenvalue weighted by Gasteiger charge is -2.35. The number of fused-ring (bicyclic) bond motifs is 1. The van der Waals surface area contributed by atoms with Crippen molar-refractivity contribution in [1.29, 1.82) is 0 Å². The van der Waals surface area contributed by atoms with E-state index in [9.17, 15) is 24.3 Å². The second kappa shape index (κ2) is 10.9. The Morgan fingerprint density at radius 1 is 1.05 bits per heavy atom. The van der Waals surface area contributed by atoms with Crippen molar-refractivity contribution < 1.29 is 24.2 Å². The molecule has 1 aromatic heterocycles. The third-order valence-corrected chi connectivity index (χ3v) is 7.75. The number of hydrogen-bond acceptors (Lipinski definition) is 6. The molecule has 0 aliphatic carbocycles. The molecular weight excluding hydrogens is 488 g/mol. The number of likely N-dealkylation sites (tertiary alicyclic amines) is 1. The van der Waals surface area contributed by atoms with E-state index in [1.165, 1.54) is 4.57 Å². The molecule has 2 aliphatic heterocycles. The van der Waals surface area contributed by atoms with Gasteiger partial charge in [-0.15, -0.1) is 0 Å². The van der Waals surface area contributed by atoms with Crippen molar-refractivity contribution in [3.8, 4) is 0 Å². The van der Waals surface area contributed by atoms with Crippen molar-refractivity contribution in [2.75, 3.05) is 19.7 Å². The molecule has 0 radical (unpaired) electrons. The van der Waals surface area contributed by atoms with E-state index in [1.54, 1.807) is 11.6 Å². The summed E-state index contributed by atoms with van der Waals surface area (Å²) in [5, 5.41) is 12.2. The largest absolute Gasteiger partial charge is 0.480 e. The number of aliphatic carboxylic acids is 1. The summed E-state index contributed by atoms with van der Waals surface area (Å²) in [6.45, 7) is 1.75. The SMILES string of the molecule is Cn1c(=O)n(C2CCC(=O)NC2=O)c2ccc(C3CCN([C@@H](COCc4ccccc4)C(=O)O)CC3)cc21. The van der Waals surface area contributed by atoms with Crippen LogP contribution in [0.2, 0.25) is 0 Å². The zero-order valence-corrected chi connectivity index (χ0v) is 21.3. The maximum atomic E-state index is 13.0. The number of amides is 2. The molecule has 3 heterocycles. The minimum Gasteiger partial charge on any atom is -0.480 e. The molecule has 2 amide bonds. The second-order valence-electron chi connectivity index (χ2n) is 10.1. The van der Waals surface area contributed by atoms with Gasteiger partial charge in [-0.2, -0.15) is 0 Å². The van der Waals surface area contributed by atoms with Crippen LogP contribution in [0.4, 0.5) is 0 Å². The average Bonchev–Trinajstić information content (AvgIpc) is 3.16. The number of imidazole rings is 1. The van der Waals surface area contributed by atoms with Crippen LogP contribution in [0.5, 0.6) is 0 Å². The van der Waals surface area contributed by atoms with Crippen LogP contribution in [0.1, 0.15) is 48.8 Å². The number of carbonyl (C=O) groups excluding carboxylic acids is 2. The van der Waals surface area contributed by atoms with Crippen LogP contribution in [0, 0.1) is 0 Å². The number of carboxylic acids is 1. The number of aromatic nitrogens is 2. The third-order valence-electron chi connectivity index (χ3n) is 7.75. The van der Waals surface area contributed by atoms with Gasteiger partial charge < -0.3 is 9.84 Å². The first kappa shape index (κ1) is 25.9. The maximum Gasteiger partial charge on any atom is 0.329 e. The van der Waals surface area contributed by atoms with Crippen molar-refractivity contribution >= 4 is 28.8 Å². The Balaban J connectivity index is 1.26. The predicted molar refractivity (Wildman–Crippen MR) is 140 cm³/mol. The maximum absolute atomic E-state index is 13.0. The minimum atomic E-state index is -0.886. The van der Waals surface area contributed by atoms with E-state index in [0.717, 1.165) is 29.5 Å². The Morgan fingerprint density at radius 3 is 2.47 bits per heavy atom. The topological polar surface area (TPSA) is 123 Å². The fraction of sp³-hybridized carbons (Fsp3) is 0.429. The van der Waals surface area contributed by atoms with Crippen molar-refractivity contribution in [3.63, 3.8) is 0 Å². The summed E-state index contributed by atoms with van der Waals surface area (Å²) in [5.74, 6) is -1.43. The summed E-state index contributed by atoms with van der Waals surface area (Å²) in [4.78, 5) is 51.0. The number of nitrogens with one attached hydrogen (secondary N) is 1. The van der Waals surface area contributed by atoms with Gasteiger partial charge >= 0.3 is 11.7 Å². The van der Waals surface area contributed by atoms with Gasteiger partial charge in [-0.05, 0) is 61.5 Å². The first-order valence-corrected chi connectivity index (χ1v) is 13.0. The number of nitrogens with zero attached hydrogens (tertiary/aromatic N) is 3. The number of imide groups is 1. The summed E-state index contributed by atoms with van der Waals surface area (Å²) in [6.07, 6.45) is 2.07. The monoisotopic (exact) mass is 520 g/mol. The molecule has 2 fully saturated rings. The van der Waals surface area contributed by atoms with Gasteiger partial charge in [-0.25, -0.2) is 4.79 Å². The molecule has 0 spiro atoms. The van der Waals surface area contributed by atoms with Gasteiger partial charge in [0.05, 0.1) is 24.2 Å². The molecule has 2 aromatic carbocycles. The highest BCUT2D eigenvalue weighted by molar-refractivity contribution is 6.00. The predicted octanol–water partition coefficient (Wildman–Crippen LogP) is 2.17. The smallest absolute Gasteiger partial charge is 0.329 e. The van der Waals surface area contributed by atoms with E-state index in [4.69, 9.17) is 4.74 Å². The quantitative estimate of drug-likeness (QED) is 0.437. The van der Waals surface area contributed by atoms with Crippen LogP contribution >= 0.6 is 0 Å². The van der Waals surface area contributed by atoms with E-state index in [-0.39, 0.29) is 30.5 Å². The molecular formula is C28H32N4O6. The number of hydrogen-bond donors (Lipinski definition) is 2. The first-order valence-electron chi connectivity index (χ1n) is 13.0. The summed E-state index contributed by atoms with van der Waals surface area (Å²) in [6, 6.07) is 14.1. The number of piperidine rings is 2. The molecule has 2 saturated heterocycles. The van der Waals surface area contributed by atoms with E-state index in [1.807, 2.05) is 53.4 Å². The highest BCUT2D eigenvalue weighted by Gasteiger charge is 2.33. The van der Waals surface area contributed by atoms with E-state index < -0.39 is 24.0 Å². The van der Waals surface area contributed by atoms with Gasteiger partial charge in [0.1, 0.15) is 12.1 Å². The average molecular weight is 521 g/mol. The molecule has 2 aliphatic rings. The molecule has 38 heavy (non-hydrogen) atoms. The Labute approximate surface area is 219 Å². The molecule has 0 saturated carbocycles. The Hall–Kier alpha value is -3.76. The zero-order chi connectivity index (χ0) is 26.8. The van der Waals surface area contributed by atoms with Gasteiger partial charge in [0.2, 0.25) is 11.8 Å². The lowest BCUT2D eigenvalue weighted by Crippen LogP contribution is -2.47. The van der Waals surface area contributed by atoms with Crippen LogP contribution in [-0.2, 0) is 32.8 Å². The fourth-order valence-corrected chi connectivity index (χ4v) is 5.60. The number of carboxylic acid groups (broad SMARTS) is 1. The van der Waals surface area contributed by atoms with Gasteiger partial charge in [0, 0.05) is 13.5 Å². The molecule has 0 bridgehead atoms. The molecule has 2 N–H and O–H groups in total. The third kappa shape index (κ3) is 5.14. The molecule has 3 aromatic rings. The summed E-state index contributed by atoms with van der Waals surface area (Å²) >= 11 is 0. The highest BCUT2D eigenvalue weighted by atomic mass is 16.5. The van der Waals surface area contributed by atoms with Gasteiger partial charge in [-0.1, -0.05) is 36.4 Å². The lowest BCUT2D eigenvalue weighted by molar-refractivity contribution is -0.146. The van der Waals surface area contributed by atoms with Crippen LogP contribution in [0.25, 0.3) is 11.0 Å². The van der Waals surface area contributed by atoms with E-state index >= 15 is 0 Å². The van der Waals surface area contributed by atoms with Crippen molar-refractivity contribution in [2.45, 2.75) is 50.3 Å². The first-order chi connectivity index (χ1) is 18.3. The Bertz CT molecular complexity index is 1400. The standard InChI is InChI=1S/C28H32N4O6/c1-30-23-15-20(7-8-21(23)32(28(30)37)22-9-10-25(33)29-26(22)34)19-11-13-31(14-12-19)24(27(35)36)17-38-16-18-5-3-2-4-6-18/h2-8,15,19,22,24H,9-14,16-17H2,1H3,(H,35,36)(H,29,33,34)/t22?,24-/m0/s1. The van der Waals surface area contributed by atoms with E-state index in [2.05, 4.69) is 5.32 Å². The Morgan fingerprint density at radius 2 is 1.79 bits per heavy atom. The Kier molecular flexibility index (Phi) is 7.44.